The van der Waals surface area contributed by atoms with Crippen molar-refractivity contribution in [1.29, 1.82) is 0 Å². The lowest BCUT2D eigenvalue weighted by atomic mass is 9.83. The number of Topliss-reactive ketones (excluding diaryl/α,β-unsaturated/α-hetero) is 1. The van der Waals surface area contributed by atoms with Gasteiger partial charge < -0.3 is 15.0 Å². The zero-order valence-corrected chi connectivity index (χ0v) is 23.7. The highest BCUT2D eigenvalue weighted by atomic mass is 19.2. The summed E-state index contributed by atoms with van der Waals surface area (Å²) < 4.78 is 74.9. The monoisotopic (exact) mass is 598 g/mol. The molecule has 10 heteroatoms. The number of halogens is 5. The average molecular weight is 599 g/mol. The van der Waals surface area contributed by atoms with Crippen LogP contribution in [0.1, 0.15) is 48.2 Å². The molecule has 1 N–H and O–H groups in total. The van der Waals surface area contributed by atoms with E-state index in [1.165, 1.54) is 36.4 Å². The van der Waals surface area contributed by atoms with E-state index in [9.17, 15) is 31.5 Å². The number of ether oxygens (including phenoxy) is 1. The van der Waals surface area contributed by atoms with Crippen molar-refractivity contribution >= 4 is 23.8 Å². The summed E-state index contributed by atoms with van der Waals surface area (Å²) in [4.78, 5) is 28.6. The first-order valence-electron chi connectivity index (χ1n) is 13.9. The fourth-order valence-corrected chi connectivity index (χ4v) is 4.80. The second kappa shape index (κ2) is 14.2. The number of benzene rings is 3. The van der Waals surface area contributed by atoms with Gasteiger partial charge in [0.25, 0.3) is 5.91 Å². The van der Waals surface area contributed by atoms with Crippen LogP contribution < -0.4 is 10.1 Å². The first kappa shape index (κ1) is 31.6. The van der Waals surface area contributed by atoms with Crippen LogP contribution in [0.5, 0.6) is 5.75 Å². The molecule has 0 atom stereocenters. The summed E-state index contributed by atoms with van der Waals surface area (Å²) in [5.74, 6) is -6.03. The molecule has 3 aromatic rings. The number of carbonyl (C=O) groups excluding carboxylic acids is 2. The maximum absolute atomic E-state index is 14.8. The molecule has 5 nitrogen and oxygen atoms in total. The highest BCUT2D eigenvalue weighted by Crippen LogP contribution is 2.30. The minimum absolute atomic E-state index is 0.0143. The minimum Gasteiger partial charge on any atom is -0.489 e. The third-order valence-electron chi connectivity index (χ3n) is 7.17. The molecule has 0 unspecified atom stereocenters. The second-order valence-corrected chi connectivity index (χ2v) is 10.1. The fourth-order valence-electron chi connectivity index (χ4n) is 4.80. The highest BCUT2D eigenvalue weighted by molar-refractivity contribution is 6.14. The summed E-state index contributed by atoms with van der Waals surface area (Å²) in [5, 5.41) is 2.79. The van der Waals surface area contributed by atoms with Gasteiger partial charge >= 0.3 is 0 Å². The largest absolute Gasteiger partial charge is 0.489 e. The van der Waals surface area contributed by atoms with Gasteiger partial charge in [0.15, 0.2) is 40.6 Å². The molecule has 1 saturated carbocycles. The molecule has 0 bridgehead atoms. The van der Waals surface area contributed by atoms with E-state index in [0.717, 1.165) is 43.4 Å². The van der Waals surface area contributed by atoms with Gasteiger partial charge in [-0.2, -0.15) is 0 Å². The van der Waals surface area contributed by atoms with Gasteiger partial charge in [0.2, 0.25) is 0 Å². The summed E-state index contributed by atoms with van der Waals surface area (Å²) in [6.45, 7) is 6.61. The summed E-state index contributed by atoms with van der Waals surface area (Å²) in [6.07, 6.45) is 2.83. The smallest absolute Gasteiger partial charge is 0.251 e. The molecule has 4 rings (SSSR count). The highest BCUT2D eigenvalue weighted by Gasteiger charge is 2.29. The van der Waals surface area contributed by atoms with Crippen molar-refractivity contribution in [2.75, 3.05) is 26.2 Å². The van der Waals surface area contributed by atoms with Crippen LogP contribution in [0.25, 0.3) is 12.2 Å². The molecular formula is C33H31F5N2O3. The van der Waals surface area contributed by atoms with Crippen molar-refractivity contribution in [3.05, 3.63) is 112 Å². The van der Waals surface area contributed by atoms with Gasteiger partial charge in [-0.25, -0.2) is 22.0 Å². The van der Waals surface area contributed by atoms with Crippen molar-refractivity contribution in [3.63, 3.8) is 0 Å². The van der Waals surface area contributed by atoms with Gasteiger partial charge in [-0.1, -0.05) is 26.0 Å². The number of hydrogen-bond acceptors (Lipinski definition) is 4. The van der Waals surface area contributed by atoms with Crippen molar-refractivity contribution < 1.29 is 36.3 Å². The molecule has 0 spiro atoms. The molecule has 226 valence electrons. The molecule has 3 aromatic carbocycles. The van der Waals surface area contributed by atoms with Crippen molar-refractivity contribution in [2.45, 2.75) is 32.7 Å². The number of nitrogens with zero attached hydrogens (tertiary/aromatic N) is 1. The second-order valence-electron chi connectivity index (χ2n) is 10.1. The maximum atomic E-state index is 14.8. The summed E-state index contributed by atoms with van der Waals surface area (Å²) in [7, 11) is 0. The van der Waals surface area contributed by atoms with Crippen molar-refractivity contribution in [1.82, 2.24) is 10.2 Å². The standard InChI is InChI=1S/C33H31F5N2O3/c1-3-40(4-2)11-12-43-31-10-7-22(19-30(31)38)33(42)39-25-17-23(13-20-5-8-26(34)28(36)15-20)32(41)24(18-25)14-21-6-9-27(35)29(37)16-21/h5-10,13-16,19,25H,3-4,11-12,17-18H2,1-2H3,(H,39,42). The van der Waals surface area contributed by atoms with Crippen LogP contribution in [0.3, 0.4) is 0 Å². The zero-order valence-electron chi connectivity index (χ0n) is 23.7. The third-order valence-corrected chi connectivity index (χ3v) is 7.17. The Bertz CT molecular complexity index is 1490. The predicted octanol–water partition coefficient (Wildman–Crippen LogP) is 6.73. The molecule has 1 fully saturated rings. The van der Waals surface area contributed by atoms with Gasteiger partial charge in [0.1, 0.15) is 6.61 Å². The predicted molar refractivity (Wildman–Crippen MR) is 154 cm³/mol. The zero-order chi connectivity index (χ0) is 31.1. The number of amides is 1. The fraction of sp³-hybridized carbons (Fsp3) is 0.273. The number of nitrogens with one attached hydrogen (secondary N) is 1. The Labute approximate surface area is 246 Å². The number of rotatable bonds is 10. The van der Waals surface area contributed by atoms with E-state index in [2.05, 4.69) is 10.2 Å². The van der Waals surface area contributed by atoms with Gasteiger partial charge in [-0.3, -0.25) is 9.59 Å². The molecular weight excluding hydrogens is 567 g/mol. The third kappa shape index (κ3) is 8.16. The molecule has 1 aliphatic carbocycles. The molecule has 0 aliphatic heterocycles. The van der Waals surface area contributed by atoms with Gasteiger partial charge in [0, 0.05) is 29.3 Å². The van der Waals surface area contributed by atoms with Crippen LogP contribution in [0.2, 0.25) is 0 Å². The van der Waals surface area contributed by atoms with Crippen molar-refractivity contribution in [3.8, 4) is 5.75 Å². The summed E-state index contributed by atoms with van der Waals surface area (Å²) in [6, 6.07) is 9.53. The van der Waals surface area contributed by atoms with E-state index in [1.54, 1.807) is 0 Å². The normalized spacial score (nSPS) is 17.1. The Morgan fingerprint density at radius 1 is 0.814 bits per heavy atom. The summed E-state index contributed by atoms with van der Waals surface area (Å²) in [5.41, 5.74) is 0.835. The average Bonchev–Trinajstić information content (AvgIpc) is 2.98. The molecule has 1 amide bonds. The lowest BCUT2D eigenvalue weighted by Crippen LogP contribution is -2.39. The molecule has 0 heterocycles. The lowest BCUT2D eigenvalue weighted by molar-refractivity contribution is -0.113. The molecule has 1 aliphatic rings. The summed E-state index contributed by atoms with van der Waals surface area (Å²) >= 11 is 0. The molecule has 43 heavy (non-hydrogen) atoms. The van der Waals surface area contributed by atoms with Crippen LogP contribution in [-0.2, 0) is 4.79 Å². The number of likely N-dealkylation sites (N-methyl/N-ethyl adjacent to an activating group) is 1. The molecule has 0 saturated heterocycles. The Morgan fingerprint density at radius 3 is 1.86 bits per heavy atom. The van der Waals surface area contributed by atoms with E-state index in [-0.39, 0.29) is 53.0 Å². The number of hydrogen-bond donors (Lipinski definition) is 1. The van der Waals surface area contributed by atoms with Crippen LogP contribution in [0.4, 0.5) is 22.0 Å². The van der Waals surface area contributed by atoms with E-state index < -0.39 is 46.8 Å². The van der Waals surface area contributed by atoms with E-state index >= 15 is 0 Å². The number of ketones is 1. The van der Waals surface area contributed by atoms with Crippen LogP contribution in [-0.4, -0.2) is 48.9 Å². The first-order chi connectivity index (χ1) is 20.6. The Hall–Kier alpha value is -4.31. The lowest BCUT2D eigenvalue weighted by Gasteiger charge is -2.27. The van der Waals surface area contributed by atoms with Crippen LogP contribution in [0, 0.1) is 29.1 Å². The SMILES string of the molecule is CCN(CC)CCOc1ccc(C(=O)NC2CC(=Cc3ccc(F)c(F)c3)C(=O)C(=Cc3ccc(F)c(F)c3)C2)cc1F. The van der Waals surface area contributed by atoms with E-state index in [4.69, 9.17) is 4.74 Å². The van der Waals surface area contributed by atoms with Gasteiger partial charge in [-0.05, 0) is 91.7 Å². The Morgan fingerprint density at radius 2 is 1.37 bits per heavy atom. The van der Waals surface area contributed by atoms with Crippen molar-refractivity contribution in [2.24, 2.45) is 0 Å². The molecule has 0 aromatic heterocycles. The van der Waals surface area contributed by atoms with Gasteiger partial charge in [-0.15, -0.1) is 0 Å². The Kier molecular flexibility index (Phi) is 10.5. The number of carbonyl (C=O) groups is 2. The maximum Gasteiger partial charge on any atom is 0.251 e. The quantitative estimate of drug-likeness (QED) is 0.208. The first-order valence-corrected chi connectivity index (χ1v) is 13.9. The van der Waals surface area contributed by atoms with E-state index in [0.29, 0.717) is 6.54 Å². The van der Waals surface area contributed by atoms with Gasteiger partial charge in [0.05, 0.1) is 0 Å². The van der Waals surface area contributed by atoms with E-state index in [1.807, 2.05) is 13.8 Å². The molecule has 0 radical (unpaired) electrons. The van der Waals surface area contributed by atoms with Crippen LogP contribution in [0.15, 0.2) is 65.7 Å². The van der Waals surface area contributed by atoms with Crippen LogP contribution >= 0.6 is 0 Å². The Balaban J connectivity index is 1.56. The topological polar surface area (TPSA) is 58.6 Å². The minimum atomic E-state index is -1.09.